The lowest BCUT2D eigenvalue weighted by Gasteiger charge is -2.30. The Morgan fingerprint density at radius 1 is 1.33 bits per heavy atom. The molecule has 0 rings (SSSR count). The molecule has 0 bridgehead atoms. The normalized spacial score (nSPS) is 15.9. The van der Waals surface area contributed by atoms with E-state index in [1.807, 2.05) is 13.8 Å². The van der Waals surface area contributed by atoms with Crippen molar-refractivity contribution in [3.8, 4) is 0 Å². The Morgan fingerprint density at radius 2 is 1.87 bits per heavy atom. The smallest absolute Gasteiger partial charge is 0.326 e. The predicted molar refractivity (Wildman–Crippen MR) is 66.3 cm³/mol. The van der Waals surface area contributed by atoms with Crippen molar-refractivity contribution in [2.45, 2.75) is 44.9 Å². The average Bonchev–Trinajstić information content (AvgIpc) is 2.13. The number of likely N-dealkylation sites (N-methyl/N-ethyl adjacent to an activating group) is 1. The van der Waals surface area contributed by atoms with Gasteiger partial charge in [-0.05, 0) is 13.5 Å². The second kappa shape index (κ2) is 5.75. The Morgan fingerprint density at radius 3 is 2.20 bits per heavy atom. The highest BCUT2D eigenvalue weighted by molar-refractivity contribution is 8.00. The van der Waals surface area contributed by atoms with E-state index in [4.69, 9.17) is 4.74 Å². The first-order valence-corrected chi connectivity index (χ1v) is 6.21. The van der Waals surface area contributed by atoms with Crippen LogP contribution < -0.4 is 5.32 Å². The number of thioether (sulfide) groups is 1. The van der Waals surface area contributed by atoms with Crippen LogP contribution in [0, 0.1) is 0 Å². The number of hydrogen-bond donors (Lipinski definition) is 1. The van der Waals surface area contributed by atoms with Gasteiger partial charge >= 0.3 is 5.97 Å². The minimum Gasteiger partial charge on any atom is -0.468 e. The summed E-state index contributed by atoms with van der Waals surface area (Å²) in [5.41, 5.74) is -0.582. The van der Waals surface area contributed by atoms with Crippen molar-refractivity contribution >= 4 is 17.7 Å². The third kappa shape index (κ3) is 5.42. The Balaban J connectivity index is 4.45. The maximum atomic E-state index is 11.6. The van der Waals surface area contributed by atoms with Crippen LogP contribution in [0.1, 0.15) is 34.6 Å². The van der Waals surface area contributed by atoms with Gasteiger partial charge in [0, 0.05) is 10.5 Å². The fourth-order valence-corrected chi connectivity index (χ4v) is 2.10. The van der Waals surface area contributed by atoms with Crippen molar-refractivity contribution in [3.63, 3.8) is 0 Å². The second-order valence-corrected chi connectivity index (χ2v) is 6.56. The molecule has 4 heteroatoms. The van der Waals surface area contributed by atoms with Crippen LogP contribution in [0.4, 0.5) is 0 Å². The Hall–Kier alpha value is -0.220. The zero-order valence-electron chi connectivity index (χ0n) is 10.6. The number of methoxy groups -OCH3 is 1. The van der Waals surface area contributed by atoms with Gasteiger partial charge in [0.1, 0.15) is 5.54 Å². The van der Waals surface area contributed by atoms with Crippen LogP contribution in [0.2, 0.25) is 0 Å². The molecule has 0 aliphatic carbocycles. The number of esters is 1. The highest BCUT2D eigenvalue weighted by Crippen LogP contribution is 2.27. The molecule has 0 aromatic heterocycles. The van der Waals surface area contributed by atoms with E-state index in [-0.39, 0.29) is 10.7 Å². The number of rotatable bonds is 5. The number of ether oxygens (including phenoxy) is 1. The molecule has 1 N–H and O–H groups in total. The van der Waals surface area contributed by atoms with E-state index in [0.29, 0.717) is 0 Å². The van der Waals surface area contributed by atoms with E-state index in [9.17, 15) is 4.79 Å². The van der Waals surface area contributed by atoms with Crippen molar-refractivity contribution in [1.29, 1.82) is 0 Å². The lowest BCUT2D eigenvalue weighted by molar-refractivity contribution is -0.146. The number of nitrogens with one attached hydrogen (secondary N) is 1. The van der Waals surface area contributed by atoms with Gasteiger partial charge in [-0.2, -0.15) is 11.8 Å². The maximum absolute atomic E-state index is 11.6. The van der Waals surface area contributed by atoms with E-state index in [1.165, 1.54) is 7.11 Å². The molecule has 0 spiro atoms. The summed E-state index contributed by atoms with van der Waals surface area (Å²) in [5, 5.41) is 3.19. The lowest BCUT2D eigenvalue weighted by atomic mass is 10.1. The summed E-state index contributed by atoms with van der Waals surface area (Å²) in [4.78, 5) is 11.6. The van der Waals surface area contributed by atoms with Crippen LogP contribution in [0.3, 0.4) is 0 Å². The van der Waals surface area contributed by atoms with Gasteiger partial charge in [-0.3, -0.25) is 4.79 Å². The summed E-state index contributed by atoms with van der Waals surface area (Å²) in [6.07, 6.45) is 0. The zero-order valence-corrected chi connectivity index (χ0v) is 11.5. The minimum absolute atomic E-state index is 0.157. The molecule has 0 radical (unpaired) electrons. The van der Waals surface area contributed by atoms with E-state index in [1.54, 1.807) is 11.8 Å². The largest absolute Gasteiger partial charge is 0.468 e. The molecule has 0 aliphatic heterocycles. The molecule has 0 aromatic rings. The third-order valence-electron chi connectivity index (χ3n) is 2.00. The minimum atomic E-state index is -0.582. The molecule has 1 atom stereocenters. The Bertz CT molecular complexity index is 213. The quantitative estimate of drug-likeness (QED) is 0.738. The van der Waals surface area contributed by atoms with Crippen molar-refractivity contribution in [3.05, 3.63) is 0 Å². The molecule has 0 heterocycles. The molecule has 0 fully saturated rings. The molecule has 15 heavy (non-hydrogen) atoms. The molecule has 0 aromatic carbocycles. The van der Waals surface area contributed by atoms with Crippen LogP contribution in [0.5, 0.6) is 0 Å². The molecule has 0 saturated carbocycles. The van der Waals surface area contributed by atoms with E-state index in [2.05, 4.69) is 26.1 Å². The Labute approximate surface area is 97.3 Å². The zero-order chi connectivity index (χ0) is 12.1. The van der Waals surface area contributed by atoms with Gasteiger partial charge in [0.25, 0.3) is 0 Å². The van der Waals surface area contributed by atoms with Gasteiger partial charge in [-0.25, -0.2) is 0 Å². The molecule has 90 valence electrons. The van der Waals surface area contributed by atoms with Gasteiger partial charge in [-0.15, -0.1) is 0 Å². The first-order chi connectivity index (χ1) is 6.75. The van der Waals surface area contributed by atoms with Gasteiger partial charge < -0.3 is 10.1 Å². The summed E-state index contributed by atoms with van der Waals surface area (Å²) < 4.78 is 4.98. The van der Waals surface area contributed by atoms with Crippen molar-refractivity contribution in [2.75, 3.05) is 19.4 Å². The molecule has 3 nitrogen and oxygen atoms in total. The first-order valence-electron chi connectivity index (χ1n) is 5.22. The van der Waals surface area contributed by atoms with Crippen molar-refractivity contribution in [2.24, 2.45) is 0 Å². The van der Waals surface area contributed by atoms with Gasteiger partial charge in [0.05, 0.1) is 7.11 Å². The summed E-state index contributed by atoms with van der Waals surface area (Å²) in [6, 6.07) is 0. The molecule has 0 amide bonds. The van der Waals surface area contributed by atoms with E-state index >= 15 is 0 Å². The maximum Gasteiger partial charge on any atom is 0.326 e. The van der Waals surface area contributed by atoms with Gasteiger partial charge in [-0.1, -0.05) is 27.7 Å². The van der Waals surface area contributed by atoms with Crippen LogP contribution >= 0.6 is 11.8 Å². The van der Waals surface area contributed by atoms with Crippen LogP contribution in [0.25, 0.3) is 0 Å². The highest BCUT2D eigenvalue weighted by atomic mass is 32.2. The highest BCUT2D eigenvalue weighted by Gasteiger charge is 2.34. The van der Waals surface area contributed by atoms with E-state index < -0.39 is 5.54 Å². The van der Waals surface area contributed by atoms with E-state index in [0.717, 1.165) is 12.3 Å². The molecular formula is C11H23NO2S. The third-order valence-corrected chi connectivity index (χ3v) is 3.58. The fourth-order valence-electron chi connectivity index (χ4n) is 1.16. The topological polar surface area (TPSA) is 38.3 Å². The molecule has 0 aliphatic rings. The van der Waals surface area contributed by atoms with Crippen molar-refractivity contribution < 1.29 is 9.53 Å². The summed E-state index contributed by atoms with van der Waals surface area (Å²) >= 11 is 1.76. The monoisotopic (exact) mass is 233 g/mol. The lowest BCUT2D eigenvalue weighted by Crippen LogP contribution is -2.52. The molecule has 1 unspecified atom stereocenters. The van der Waals surface area contributed by atoms with Gasteiger partial charge in [0.15, 0.2) is 0 Å². The van der Waals surface area contributed by atoms with Crippen molar-refractivity contribution in [1.82, 2.24) is 5.32 Å². The average molecular weight is 233 g/mol. The second-order valence-electron chi connectivity index (χ2n) is 4.76. The number of hydrogen-bond acceptors (Lipinski definition) is 4. The fraction of sp³-hybridized carbons (Fsp3) is 0.909. The summed E-state index contributed by atoms with van der Waals surface area (Å²) in [7, 11) is 1.43. The SMILES string of the molecule is CCNC(C)(CSC(C)(C)C)C(=O)OC. The molecular weight excluding hydrogens is 210 g/mol. The standard InChI is InChI=1S/C11H23NO2S/c1-7-12-11(5,9(13)14-6)8-15-10(2,3)4/h12H,7-8H2,1-6H3. The number of carbonyl (C=O) groups is 1. The summed E-state index contributed by atoms with van der Waals surface area (Å²) in [5.74, 6) is 0.526. The number of carbonyl (C=O) groups excluding carboxylic acids is 1. The first kappa shape index (κ1) is 14.8. The predicted octanol–water partition coefficient (Wildman–Crippen LogP) is 2.06. The Kier molecular flexibility index (Phi) is 5.67. The van der Waals surface area contributed by atoms with Crippen LogP contribution in [-0.2, 0) is 9.53 Å². The summed E-state index contributed by atoms with van der Waals surface area (Å²) in [6.45, 7) is 11.1. The van der Waals surface area contributed by atoms with Crippen LogP contribution in [-0.4, -0.2) is 35.7 Å². The van der Waals surface area contributed by atoms with Gasteiger partial charge in [0.2, 0.25) is 0 Å². The molecule has 0 saturated heterocycles. The van der Waals surface area contributed by atoms with Crippen LogP contribution in [0.15, 0.2) is 0 Å².